The Hall–Kier alpha value is -2.46. The molecule has 1 amide bonds. The van der Waals surface area contributed by atoms with Crippen LogP contribution in [0.3, 0.4) is 0 Å². The van der Waals surface area contributed by atoms with E-state index in [0.29, 0.717) is 12.1 Å². The van der Waals surface area contributed by atoms with Crippen molar-refractivity contribution in [3.8, 4) is 0 Å². The zero-order valence-corrected chi connectivity index (χ0v) is 18.2. The molecule has 4 rings (SSSR count). The average Bonchev–Trinajstić information content (AvgIpc) is 3.02. The normalized spacial score (nSPS) is 18.5. The standard InChI is InChI=1S/C26H31FN2O/c1-5-14-28-15-12-26(13-16-28)18-29(23-11-10-21(27)17-22(23)26)24(30)19-6-8-20(9-7-19)25(2,3)4/h5-11,17H,1,12-16,18H2,2-4H3. The molecular formula is C26H31FN2O. The SMILES string of the molecule is C=CCN1CCC2(CC1)CN(C(=O)c1ccc(C(C)(C)C)cc1)c1ccc(F)cc12. The summed E-state index contributed by atoms with van der Waals surface area (Å²) in [7, 11) is 0. The first-order valence-corrected chi connectivity index (χ1v) is 10.8. The molecule has 2 heterocycles. The summed E-state index contributed by atoms with van der Waals surface area (Å²) in [5, 5.41) is 0. The van der Waals surface area contributed by atoms with Gasteiger partial charge in [0.25, 0.3) is 5.91 Å². The maximum absolute atomic E-state index is 14.2. The van der Waals surface area contributed by atoms with E-state index < -0.39 is 0 Å². The molecule has 4 heteroatoms. The van der Waals surface area contributed by atoms with Crippen LogP contribution in [-0.2, 0) is 10.8 Å². The Balaban J connectivity index is 1.64. The first-order valence-electron chi connectivity index (χ1n) is 10.8. The van der Waals surface area contributed by atoms with Crippen molar-refractivity contribution in [2.24, 2.45) is 0 Å². The molecule has 30 heavy (non-hydrogen) atoms. The number of amides is 1. The first-order chi connectivity index (χ1) is 14.2. The summed E-state index contributed by atoms with van der Waals surface area (Å²) in [6, 6.07) is 12.8. The van der Waals surface area contributed by atoms with Crippen molar-refractivity contribution in [3.05, 3.63) is 77.6 Å². The van der Waals surface area contributed by atoms with Gasteiger partial charge in [0, 0.05) is 29.8 Å². The highest BCUT2D eigenvalue weighted by Gasteiger charge is 2.46. The third kappa shape index (κ3) is 3.69. The molecule has 0 unspecified atom stereocenters. The van der Waals surface area contributed by atoms with Gasteiger partial charge in [0.1, 0.15) is 5.82 Å². The lowest BCUT2D eigenvalue weighted by molar-refractivity contribution is 0.0977. The number of piperidine rings is 1. The zero-order chi connectivity index (χ0) is 21.5. The number of fused-ring (bicyclic) bond motifs is 2. The Bertz CT molecular complexity index is 950. The molecule has 158 valence electrons. The summed E-state index contributed by atoms with van der Waals surface area (Å²) < 4.78 is 14.2. The molecule has 3 nitrogen and oxygen atoms in total. The maximum atomic E-state index is 14.2. The van der Waals surface area contributed by atoms with Gasteiger partial charge in [-0.25, -0.2) is 4.39 Å². The molecule has 2 aromatic rings. The lowest BCUT2D eigenvalue weighted by atomic mass is 9.74. The maximum Gasteiger partial charge on any atom is 0.258 e. The van der Waals surface area contributed by atoms with Crippen molar-refractivity contribution >= 4 is 11.6 Å². The lowest BCUT2D eigenvalue weighted by Gasteiger charge is -2.39. The number of anilines is 1. The second kappa shape index (κ2) is 7.66. The second-order valence-corrected chi connectivity index (χ2v) is 9.75. The first kappa shape index (κ1) is 20.8. The predicted molar refractivity (Wildman–Crippen MR) is 121 cm³/mol. The molecule has 1 spiro atoms. The van der Waals surface area contributed by atoms with Crippen LogP contribution in [0.4, 0.5) is 10.1 Å². The van der Waals surface area contributed by atoms with Crippen molar-refractivity contribution in [3.63, 3.8) is 0 Å². The Morgan fingerprint density at radius 1 is 1.13 bits per heavy atom. The van der Waals surface area contributed by atoms with Crippen LogP contribution in [0.1, 0.15) is 55.1 Å². The van der Waals surface area contributed by atoms with Crippen LogP contribution in [-0.4, -0.2) is 37.0 Å². The van der Waals surface area contributed by atoms with Crippen LogP contribution in [0.2, 0.25) is 0 Å². The van der Waals surface area contributed by atoms with Gasteiger partial charge >= 0.3 is 0 Å². The van der Waals surface area contributed by atoms with Crippen molar-refractivity contribution < 1.29 is 9.18 Å². The molecule has 1 fully saturated rings. The number of rotatable bonds is 3. The van der Waals surface area contributed by atoms with Gasteiger partial charge in [-0.1, -0.05) is 39.0 Å². The van der Waals surface area contributed by atoms with Crippen LogP contribution in [0.15, 0.2) is 55.1 Å². The van der Waals surface area contributed by atoms with Crippen LogP contribution < -0.4 is 4.90 Å². The van der Waals surface area contributed by atoms with Crippen LogP contribution in [0.5, 0.6) is 0 Å². The van der Waals surface area contributed by atoms with Gasteiger partial charge < -0.3 is 4.90 Å². The quantitative estimate of drug-likeness (QED) is 0.646. The van der Waals surface area contributed by atoms with E-state index in [-0.39, 0.29) is 22.6 Å². The number of carbonyl (C=O) groups is 1. The Morgan fingerprint density at radius 3 is 2.40 bits per heavy atom. The zero-order valence-electron chi connectivity index (χ0n) is 18.2. The fourth-order valence-corrected chi connectivity index (χ4v) is 4.86. The fraction of sp³-hybridized carbons (Fsp3) is 0.423. The molecule has 0 radical (unpaired) electrons. The van der Waals surface area contributed by atoms with Crippen molar-refractivity contribution in [2.75, 3.05) is 31.1 Å². The molecule has 1 saturated heterocycles. The minimum atomic E-state index is -0.231. The molecule has 2 aromatic carbocycles. The molecule has 0 saturated carbocycles. The molecular weight excluding hydrogens is 375 g/mol. The number of halogens is 1. The third-order valence-electron chi connectivity index (χ3n) is 6.73. The molecule has 0 N–H and O–H groups in total. The number of nitrogens with zero attached hydrogens (tertiary/aromatic N) is 2. The lowest BCUT2D eigenvalue weighted by Crippen LogP contribution is -2.46. The van der Waals surface area contributed by atoms with Gasteiger partial charge in [-0.15, -0.1) is 6.58 Å². The summed E-state index contributed by atoms with van der Waals surface area (Å²) >= 11 is 0. The number of hydrogen-bond acceptors (Lipinski definition) is 2. The summed E-state index contributed by atoms with van der Waals surface area (Å²) in [6.45, 7) is 13.7. The summed E-state index contributed by atoms with van der Waals surface area (Å²) in [4.78, 5) is 17.7. The van der Waals surface area contributed by atoms with Crippen molar-refractivity contribution in [1.82, 2.24) is 4.90 Å². The van der Waals surface area contributed by atoms with Gasteiger partial charge in [-0.3, -0.25) is 9.69 Å². The van der Waals surface area contributed by atoms with Crippen molar-refractivity contribution in [2.45, 2.75) is 44.4 Å². The number of carbonyl (C=O) groups excluding carboxylic acids is 1. The number of benzene rings is 2. The van der Waals surface area contributed by atoms with E-state index in [1.165, 1.54) is 11.6 Å². The fourth-order valence-electron chi connectivity index (χ4n) is 4.86. The topological polar surface area (TPSA) is 23.6 Å². The van der Waals surface area contributed by atoms with E-state index in [2.05, 4.69) is 32.3 Å². The van der Waals surface area contributed by atoms with Crippen LogP contribution in [0.25, 0.3) is 0 Å². The van der Waals surface area contributed by atoms with E-state index in [1.54, 1.807) is 12.1 Å². The minimum absolute atomic E-state index is 0.00582. The molecule has 2 aliphatic rings. The Morgan fingerprint density at radius 2 is 1.80 bits per heavy atom. The highest BCUT2D eigenvalue weighted by Crippen LogP contribution is 2.47. The average molecular weight is 407 g/mol. The molecule has 2 aliphatic heterocycles. The number of likely N-dealkylation sites (tertiary alicyclic amines) is 1. The second-order valence-electron chi connectivity index (χ2n) is 9.75. The predicted octanol–water partition coefficient (Wildman–Crippen LogP) is 5.30. The van der Waals surface area contributed by atoms with E-state index in [1.807, 2.05) is 35.2 Å². The highest BCUT2D eigenvalue weighted by molar-refractivity contribution is 6.07. The van der Waals surface area contributed by atoms with Gasteiger partial charge in [0.2, 0.25) is 0 Å². The minimum Gasteiger partial charge on any atom is -0.307 e. The van der Waals surface area contributed by atoms with E-state index in [9.17, 15) is 9.18 Å². The largest absolute Gasteiger partial charge is 0.307 e. The summed E-state index contributed by atoms with van der Waals surface area (Å²) in [6.07, 6.45) is 3.77. The smallest absolute Gasteiger partial charge is 0.258 e. The summed E-state index contributed by atoms with van der Waals surface area (Å²) in [5.74, 6) is -0.237. The summed E-state index contributed by atoms with van der Waals surface area (Å²) in [5.41, 5.74) is 3.60. The Labute approximate surface area is 179 Å². The van der Waals surface area contributed by atoms with E-state index in [4.69, 9.17) is 0 Å². The molecule has 0 bridgehead atoms. The van der Waals surface area contributed by atoms with Gasteiger partial charge in [0.15, 0.2) is 0 Å². The molecule has 0 atom stereocenters. The Kier molecular flexibility index (Phi) is 5.31. The monoisotopic (exact) mass is 406 g/mol. The van der Waals surface area contributed by atoms with Crippen LogP contribution in [0, 0.1) is 5.82 Å². The van der Waals surface area contributed by atoms with Gasteiger partial charge in [-0.05, 0) is 72.8 Å². The van der Waals surface area contributed by atoms with Gasteiger partial charge in [0.05, 0.1) is 0 Å². The molecule has 0 aliphatic carbocycles. The third-order valence-corrected chi connectivity index (χ3v) is 6.73. The highest BCUT2D eigenvalue weighted by atomic mass is 19.1. The van der Waals surface area contributed by atoms with Crippen LogP contribution >= 0.6 is 0 Å². The molecule has 0 aromatic heterocycles. The van der Waals surface area contributed by atoms with E-state index in [0.717, 1.165) is 43.7 Å². The van der Waals surface area contributed by atoms with Gasteiger partial charge in [-0.2, -0.15) is 0 Å². The van der Waals surface area contributed by atoms with E-state index >= 15 is 0 Å². The number of hydrogen-bond donors (Lipinski definition) is 0. The van der Waals surface area contributed by atoms with Crippen molar-refractivity contribution in [1.29, 1.82) is 0 Å².